The maximum absolute atomic E-state index is 13.6. The van der Waals surface area contributed by atoms with Crippen LogP contribution in [0.15, 0.2) is 42.5 Å². The molecule has 7 nitrogen and oxygen atoms in total. The van der Waals surface area contributed by atoms with Gasteiger partial charge in [0.1, 0.15) is 6.04 Å². The number of hydrogen-bond donors (Lipinski definition) is 1. The average molecular weight is 530 g/mol. The molecule has 0 radical (unpaired) electrons. The van der Waals surface area contributed by atoms with Crippen molar-refractivity contribution in [2.24, 2.45) is 0 Å². The van der Waals surface area contributed by atoms with Gasteiger partial charge in [-0.3, -0.25) is 13.9 Å². The van der Waals surface area contributed by atoms with E-state index in [4.69, 9.17) is 0 Å². The molecule has 8 heteroatoms. The molecule has 0 heterocycles. The first-order valence-electron chi connectivity index (χ1n) is 12.8. The highest BCUT2D eigenvalue weighted by molar-refractivity contribution is 7.92. The molecule has 0 aliphatic carbocycles. The van der Waals surface area contributed by atoms with Gasteiger partial charge in [-0.25, -0.2) is 8.42 Å². The topological polar surface area (TPSA) is 86.8 Å². The highest BCUT2D eigenvalue weighted by Crippen LogP contribution is 2.25. The molecule has 0 aliphatic rings. The van der Waals surface area contributed by atoms with Gasteiger partial charge in [-0.05, 0) is 77.1 Å². The Balaban J connectivity index is 2.27. The van der Waals surface area contributed by atoms with Crippen molar-refractivity contribution in [3.63, 3.8) is 0 Å². The minimum atomic E-state index is -3.54. The molecule has 0 bridgehead atoms. The summed E-state index contributed by atoms with van der Waals surface area (Å²) in [5.41, 5.74) is 4.08. The Hall–Kier alpha value is -2.87. The molecule has 204 valence electrons. The lowest BCUT2D eigenvalue weighted by Gasteiger charge is -2.33. The van der Waals surface area contributed by atoms with Gasteiger partial charge in [0.2, 0.25) is 21.8 Å². The molecule has 2 rings (SSSR count). The van der Waals surface area contributed by atoms with Crippen molar-refractivity contribution in [2.75, 3.05) is 17.1 Å². The molecule has 0 fully saturated rings. The van der Waals surface area contributed by atoms with Crippen molar-refractivity contribution in [2.45, 2.75) is 85.9 Å². The van der Waals surface area contributed by atoms with Crippen molar-refractivity contribution < 1.29 is 18.0 Å². The number of benzene rings is 2. The van der Waals surface area contributed by atoms with Crippen LogP contribution >= 0.6 is 0 Å². The number of carbonyl (C=O) groups excluding carboxylic acids is 2. The predicted octanol–water partition coefficient (Wildman–Crippen LogP) is 4.88. The van der Waals surface area contributed by atoms with Crippen LogP contribution in [-0.2, 0) is 26.2 Å². The number of nitrogens with zero attached hydrogens (tertiary/aromatic N) is 2. The molecule has 37 heavy (non-hydrogen) atoms. The van der Waals surface area contributed by atoms with E-state index in [0.717, 1.165) is 22.3 Å². The normalized spacial score (nSPS) is 12.6. The lowest BCUT2D eigenvalue weighted by atomic mass is 10.0. The number of nitrogens with one attached hydrogen (secondary N) is 1. The minimum Gasteiger partial charge on any atom is -0.350 e. The van der Waals surface area contributed by atoms with Gasteiger partial charge in [0.15, 0.2) is 0 Å². The first-order valence-corrected chi connectivity index (χ1v) is 14.7. The number of hydrogen-bond acceptors (Lipinski definition) is 4. The summed E-state index contributed by atoms with van der Waals surface area (Å²) in [6.07, 6.45) is 2.12. The van der Waals surface area contributed by atoms with E-state index >= 15 is 0 Å². The standard InChI is InChI=1S/C29H43N3O4S/c1-9-25(28(34)30-29(5,6)7)31(20-24-16-13-21(2)14-17-24)27(33)11-10-18-32(37(8,35)36)26-19-22(3)12-15-23(26)4/h12-17,19,25H,9-11,18,20H2,1-8H3,(H,30,34)/t25-/m0/s1. The van der Waals surface area contributed by atoms with E-state index in [1.807, 2.05) is 90.9 Å². The molecule has 0 unspecified atom stereocenters. The van der Waals surface area contributed by atoms with Gasteiger partial charge in [0, 0.05) is 25.0 Å². The van der Waals surface area contributed by atoms with E-state index < -0.39 is 21.6 Å². The Morgan fingerprint density at radius 2 is 1.57 bits per heavy atom. The largest absolute Gasteiger partial charge is 0.350 e. The molecule has 0 aromatic heterocycles. The summed E-state index contributed by atoms with van der Waals surface area (Å²) in [6.45, 7) is 13.9. The van der Waals surface area contributed by atoms with Crippen molar-refractivity contribution in [1.29, 1.82) is 0 Å². The van der Waals surface area contributed by atoms with Gasteiger partial charge in [-0.15, -0.1) is 0 Å². The van der Waals surface area contributed by atoms with Gasteiger partial charge in [0.05, 0.1) is 11.9 Å². The molecule has 0 saturated carbocycles. The smallest absolute Gasteiger partial charge is 0.243 e. The van der Waals surface area contributed by atoms with Crippen molar-refractivity contribution in [1.82, 2.24) is 10.2 Å². The zero-order valence-electron chi connectivity index (χ0n) is 23.6. The lowest BCUT2D eigenvalue weighted by molar-refractivity contribution is -0.142. The zero-order valence-corrected chi connectivity index (χ0v) is 24.4. The van der Waals surface area contributed by atoms with Crippen LogP contribution in [0.25, 0.3) is 0 Å². The van der Waals surface area contributed by atoms with Crippen LogP contribution in [0.1, 0.15) is 69.2 Å². The van der Waals surface area contributed by atoms with Crippen LogP contribution in [0.4, 0.5) is 5.69 Å². The van der Waals surface area contributed by atoms with Gasteiger partial charge in [0.25, 0.3) is 0 Å². The molecule has 0 aliphatic heterocycles. The van der Waals surface area contributed by atoms with Crippen LogP contribution in [0.5, 0.6) is 0 Å². The number of sulfonamides is 1. The highest BCUT2D eigenvalue weighted by atomic mass is 32.2. The Morgan fingerprint density at radius 3 is 2.11 bits per heavy atom. The number of anilines is 1. The van der Waals surface area contributed by atoms with Crippen molar-refractivity contribution in [3.05, 3.63) is 64.7 Å². The summed E-state index contributed by atoms with van der Waals surface area (Å²) in [7, 11) is -3.54. The first-order chi connectivity index (χ1) is 17.1. The predicted molar refractivity (Wildman–Crippen MR) is 151 cm³/mol. The van der Waals surface area contributed by atoms with Gasteiger partial charge in [-0.2, -0.15) is 0 Å². The third-order valence-electron chi connectivity index (χ3n) is 6.14. The fraction of sp³-hybridized carbons (Fsp3) is 0.517. The van der Waals surface area contributed by atoms with Crippen molar-refractivity contribution in [3.8, 4) is 0 Å². The Kier molecular flexibility index (Phi) is 10.3. The number of carbonyl (C=O) groups is 2. The fourth-order valence-corrected chi connectivity index (χ4v) is 5.25. The fourth-order valence-electron chi connectivity index (χ4n) is 4.23. The number of aryl methyl sites for hydroxylation is 3. The molecule has 0 saturated heterocycles. The molecule has 1 atom stereocenters. The van der Waals surface area contributed by atoms with E-state index in [1.165, 1.54) is 10.6 Å². The van der Waals surface area contributed by atoms with Gasteiger partial charge < -0.3 is 10.2 Å². The van der Waals surface area contributed by atoms with Crippen LogP contribution in [0.3, 0.4) is 0 Å². The molecular weight excluding hydrogens is 486 g/mol. The van der Waals surface area contributed by atoms with Gasteiger partial charge in [-0.1, -0.05) is 48.9 Å². The molecule has 2 amide bonds. The number of rotatable bonds is 11. The summed E-state index contributed by atoms with van der Waals surface area (Å²) in [6, 6.07) is 13.0. The Bertz CT molecular complexity index is 1180. The van der Waals surface area contributed by atoms with E-state index in [-0.39, 0.29) is 24.8 Å². The third-order valence-corrected chi connectivity index (χ3v) is 7.32. The number of amides is 2. The summed E-state index contributed by atoms with van der Waals surface area (Å²) in [5, 5.41) is 3.01. The Labute approximate surface area is 223 Å². The third kappa shape index (κ3) is 9.18. The highest BCUT2D eigenvalue weighted by Gasteiger charge is 2.30. The van der Waals surface area contributed by atoms with Crippen LogP contribution in [0.2, 0.25) is 0 Å². The second-order valence-corrected chi connectivity index (χ2v) is 12.8. The van der Waals surface area contributed by atoms with E-state index in [1.54, 1.807) is 4.90 Å². The van der Waals surface area contributed by atoms with Gasteiger partial charge >= 0.3 is 0 Å². The summed E-state index contributed by atoms with van der Waals surface area (Å²) >= 11 is 0. The minimum absolute atomic E-state index is 0.127. The second kappa shape index (κ2) is 12.6. The molecule has 1 N–H and O–H groups in total. The summed E-state index contributed by atoms with van der Waals surface area (Å²) in [4.78, 5) is 28.3. The average Bonchev–Trinajstić information content (AvgIpc) is 2.77. The maximum Gasteiger partial charge on any atom is 0.243 e. The SMILES string of the molecule is CC[C@@H](C(=O)NC(C)(C)C)N(Cc1ccc(C)cc1)C(=O)CCCN(c1cc(C)ccc1C)S(C)(=O)=O. The molecular formula is C29H43N3O4S. The first kappa shape index (κ1) is 30.4. The Morgan fingerprint density at radius 1 is 0.973 bits per heavy atom. The van der Waals surface area contributed by atoms with Crippen LogP contribution < -0.4 is 9.62 Å². The summed E-state index contributed by atoms with van der Waals surface area (Å²) in [5.74, 6) is -0.366. The van der Waals surface area contributed by atoms with E-state index in [2.05, 4.69) is 5.32 Å². The zero-order chi connectivity index (χ0) is 28.0. The second-order valence-electron chi connectivity index (χ2n) is 10.9. The molecule has 2 aromatic carbocycles. The van der Waals surface area contributed by atoms with Crippen molar-refractivity contribution >= 4 is 27.5 Å². The quantitative estimate of drug-likeness (QED) is 0.449. The maximum atomic E-state index is 13.6. The van der Waals surface area contributed by atoms with Crippen LogP contribution in [-0.4, -0.2) is 49.5 Å². The summed E-state index contributed by atoms with van der Waals surface area (Å²) < 4.78 is 26.6. The lowest BCUT2D eigenvalue weighted by Crippen LogP contribution is -2.53. The van der Waals surface area contributed by atoms with Crippen LogP contribution in [0, 0.1) is 20.8 Å². The molecule has 2 aromatic rings. The van der Waals surface area contributed by atoms with E-state index in [9.17, 15) is 18.0 Å². The van der Waals surface area contributed by atoms with E-state index in [0.29, 0.717) is 25.1 Å². The molecule has 0 spiro atoms. The monoisotopic (exact) mass is 529 g/mol.